The molecule has 0 spiro atoms. The molecule has 1 N–H and O–H groups in total. The van der Waals surface area contributed by atoms with E-state index in [-0.39, 0.29) is 11.4 Å². The molecule has 3 rings (SSSR count). The van der Waals surface area contributed by atoms with Gasteiger partial charge in [-0.3, -0.25) is 9.10 Å². The van der Waals surface area contributed by atoms with Crippen molar-refractivity contribution in [3.63, 3.8) is 0 Å². The molecule has 3 aromatic carbocycles. The highest BCUT2D eigenvalue weighted by atomic mass is 35.5. The predicted octanol–water partition coefficient (Wildman–Crippen LogP) is 4.79. The van der Waals surface area contributed by atoms with Gasteiger partial charge in [0.25, 0.3) is 10.0 Å². The molecule has 0 aromatic heterocycles. The van der Waals surface area contributed by atoms with Crippen molar-refractivity contribution in [3.05, 3.63) is 88.9 Å². The van der Waals surface area contributed by atoms with E-state index in [0.29, 0.717) is 16.4 Å². The van der Waals surface area contributed by atoms with Gasteiger partial charge in [-0.05, 0) is 55.8 Å². The Bertz CT molecular complexity index is 1110. The van der Waals surface area contributed by atoms with Crippen molar-refractivity contribution >= 4 is 38.9 Å². The van der Waals surface area contributed by atoms with Gasteiger partial charge < -0.3 is 5.32 Å². The Hall–Kier alpha value is -2.83. The average molecular weight is 429 g/mol. The van der Waals surface area contributed by atoms with Gasteiger partial charge in [-0.2, -0.15) is 0 Å². The van der Waals surface area contributed by atoms with Crippen molar-refractivity contribution in [2.75, 3.05) is 16.2 Å². The molecule has 0 saturated carbocycles. The Kier molecular flexibility index (Phi) is 6.25. The molecule has 0 saturated heterocycles. The first-order valence-corrected chi connectivity index (χ1v) is 10.8. The Morgan fingerprint density at radius 2 is 1.55 bits per heavy atom. The van der Waals surface area contributed by atoms with Crippen molar-refractivity contribution in [1.82, 2.24) is 0 Å². The molecule has 29 heavy (non-hydrogen) atoms. The molecule has 150 valence electrons. The molecular weight excluding hydrogens is 408 g/mol. The third-order valence-electron chi connectivity index (χ3n) is 4.34. The second-order valence-corrected chi connectivity index (χ2v) is 8.96. The van der Waals surface area contributed by atoms with Crippen LogP contribution in [-0.4, -0.2) is 20.9 Å². The van der Waals surface area contributed by atoms with Gasteiger partial charge in [-0.1, -0.05) is 53.6 Å². The summed E-state index contributed by atoms with van der Waals surface area (Å²) in [5.41, 5.74) is 2.74. The van der Waals surface area contributed by atoms with Gasteiger partial charge >= 0.3 is 0 Å². The number of carbonyl (C=O) groups excluding carboxylic acids is 1. The summed E-state index contributed by atoms with van der Waals surface area (Å²) in [4.78, 5) is 12.8. The second kappa shape index (κ2) is 8.68. The molecule has 5 nitrogen and oxygen atoms in total. The first-order chi connectivity index (χ1) is 13.8. The van der Waals surface area contributed by atoms with Crippen molar-refractivity contribution in [1.29, 1.82) is 0 Å². The number of halogens is 1. The highest BCUT2D eigenvalue weighted by Gasteiger charge is 2.27. The van der Waals surface area contributed by atoms with E-state index >= 15 is 0 Å². The van der Waals surface area contributed by atoms with Crippen LogP contribution in [0.1, 0.15) is 11.1 Å². The summed E-state index contributed by atoms with van der Waals surface area (Å²) in [6.07, 6.45) is 0. The third-order valence-corrected chi connectivity index (χ3v) is 6.44. The minimum absolute atomic E-state index is 0.119. The molecule has 0 aliphatic heterocycles. The lowest BCUT2D eigenvalue weighted by atomic mass is 10.2. The molecule has 0 aliphatic carbocycles. The van der Waals surface area contributed by atoms with Crippen LogP contribution in [0.4, 0.5) is 11.4 Å². The summed E-state index contributed by atoms with van der Waals surface area (Å²) < 4.78 is 27.6. The van der Waals surface area contributed by atoms with Crippen LogP contribution in [0.25, 0.3) is 0 Å². The molecule has 3 aromatic rings. The van der Waals surface area contributed by atoms with Crippen LogP contribution >= 0.6 is 11.6 Å². The molecule has 7 heteroatoms. The first kappa shape index (κ1) is 20.9. The number of anilines is 2. The average Bonchev–Trinajstić information content (AvgIpc) is 2.69. The molecule has 0 bridgehead atoms. The number of aryl methyl sites for hydroxylation is 2. The minimum atomic E-state index is -3.94. The fourth-order valence-electron chi connectivity index (χ4n) is 2.79. The molecule has 0 heterocycles. The number of sulfonamides is 1. The second-order valence-electron chi connectivity index (χ2n) is 6.69. The fourth-order valence-corrected chi connectivity index (χ4v) is 4.49. The number of nitrogens with one attached hydrogen (secondary N) is 1. The quantitative estimate of drug-likeness (QED) is 0.613. The van der Waals surface area contributed by atoms with Crippen LogP contribution in [0.5, 0.6) is 0 Å². The number of para-hydroxylation sites is 1. The highest BCUT2D eigenvalue weighted by molar-refractivity contribution is 7.92. The van der Waals surface area contributed by atoms with Crippen LogP contribution < -0.4 is 9.62 Å². The molecule has 0 unspecified atom stereocenters. The largest absolute Gasteiger partial charge is 0.323 e. The van der Waals surface area contributed by atoms with E-state index in [2.05, 4.69) is 5.32 Å². The van der Waals surface area contributed by atoms with Gasteiger partial charge in [0.05, 0.1) is 21.3 Å². The normalized spacial score (nSPS) is 11.1. The van der Waals surface area contributed by atoms with E-state index in [1.54, 1.807) is 54.6 Å². The molecule has 0 radical (unpaired) electrons. The minimum Gasteiger partial charge on any atom is -0.323 e. The van der Waals surface area contributed by atoms with Gasteiger partial charge in [0.1, 0.15) is 6.54 Å². The van der Waals surface area contributed by atoms with Gasteiger partial charge in [-0.25, -0.2) is 8.42 Å². The Balaban J connectivity index is 1.92. The number of hydrogen-bond acceptors (Lipinski definition) is 3. The standard InChI is InChI=1S/C22H21ClN2O3S/c1-16-8-11-19(12-9-16)29(27,28)25(18-6-4-3-5-7-18)15-22(26)24-21-13-10-17(2)14-20(21)23/h3-14H,15H2,1-2H3,(H,24,26). The first-order valence-electron chi connectivity index (χ1n) is 8.98. The lowest BCUT2D eigenvalue weighted by molar-refractivity contribution is -0.114. The monoisotopic (exact) mass is 428 g/mol. The summed E-state index contributed by atoms with van der Waals surface area (Å²) in [6.45, 7) is 3.39. The zero-order valence-corrected chi connectivity index (χ0v) is 17.7. The van der Waals surface area contributed by atoms with Crippen molar-refractivity contribution in [2.24, 2.45) is 0 Å². The molecule has 0 atom stereocenters. The van der Waals surface area contributed by atoms with Crippen molar-refractivity contribution < 1.29 is 13.2 Å². The summed E-state index contributed by atoms with van der Waals surface area (Å²) in [5, 5.41) is 3.09. The number of nitrogens with zero attached hydrogens (tertiary/aromatic N) is 1. The van der Waals surface area contributed by atoms with E-state index < -0.39 is 15.9 Å². The van der Waals surface area contributed by atoms with Gasteiger partial charge in [0, 0.05) is 0 Å². The lowest BCUT2D eigenvalue weighted by Gasteiger charge is -2.24. The van der Waals surface area contributed by atoms with Crippen LogP contribution in [0.15, 0.2) is 77.7 Å². The van der Waals surface area contributed by atoms with Crippen molar-refractivity contribution in [2.45, 2.75) is 18.7 Å². The van der Waals surface area contributed by atoms with Crippen LogP contribution in [-0.2, 0) is 14.8 Å². The highest BCUT2D eigenvalue weighted by Crippen LogP contribution is 2.25. The van der Waals surface area contributed by atoms with E-state index in [1.165, 1.54) is 12.1 Å². The summed E-state index contributed by atoms with van der Waals surface area (Å²) in [7, 11) is -3.94. The fraction of sp³-hybridized carbons (Fsp3) is 0.136. The summed E-state index contributed by atoms with van der Waals surface area (Å²) in [6, 6.07) is 20.3. The maximum Gasteiger partial charge on any atom is 0.264 e. The number of amides is 1. The van der Waals surface area contributed by atoms with Crippen molar-refractivity contribution in [3.8, 4) is 0 Å². The topological polar surface area (TPSA) is 66.5 Å². The molecule has 0 aliphatic rings. The number of carbonyl (C=O) groups is 1. The van der Waals surface area contributed by atoms with Crippen LogP contribution in [0.3, 0.4) is 0 Å². The van der Waals surface area contributed by atoms with E-state index in [0.717, 1.165) is 15.4 Å². The third kappa shape index (κ3) is 4.96. The van der Waals surface area contributed by atoms with E-state index in [9.17, 15) is 13.2 Å². The predicted molar refractivity (Wildman–Crippen MR) is 117 cm³/mol. The summed E-state index contributed by atoms with van der Waals surface area (Å²) in [5.74, 6) is -0.490. The van der Waals surface area contributed by atoms with Crippen LogP contribution in [0.2, 0.25) is 5.02 Å². The van der Waals surface area contributed by atoms with E-state index in [4.69, 9.17) is 11.6 Å². The van der Waals surface area contributed by atoms with Crippen LogP contribution in [0, 0.1) is 13.8 Å². The zero-order valence-electron chi connectivity index (χ0n) is 16.1. The Morgan fingerprint density at radius 3 is 2.17 bits per heavy atom. The number of benzene rings is 3. The zero-order chi connectivity index (χ0) is 21.0. The van der Waals surface area contributed by atoms with Gasteiger partial charge in [0.2, 0.25) is 5.91 Å². The molecular formula is C22H21ClN2O3S. The maximum absolute atomic E-state index is 13.3. The smallest absolute Gasteiger partial charge is 0.264 e. The van der Waals surface area contributed by atoms with E-state index in [1.807, 2.05) is 19.9 Å². The maximum atomic E-state index is 13.3. The Labute approximate surface area is 176 Å². The lowest BCUT2D eigenvalue weighted by Crippen LogP contribution is -2.38. The summed E-state index contributed by atoms with van der Waals surface area (Å²) >= 11 is 6.18. The van der Waals surface area contributed by atoms with Gasteiger partial charge in [-0.15, -0.1) is 0 Å². The SMILES string of the molecule is Cc1ccc(S(=O)(=O)N(CC(=O)Nc2ccc(C)cc2Cl)c2ccccc2)cc1. The Morgan fingerprint density at radius 1 is 0.931 bits per heavy atom. The number of hydrogen-bond donors (Lipinski definition) is 1. The molecule has 1 amide bonds. The molecule has 0 fully saturated rings. The van der Waals surface area contributed by atoms with Gasteiger partial charge in [0.15, 0.2) is 0 Å². The number of rotatable bonds is 6.